The maximum Gasteiger partial charge on any atom is 0.179 e. The summed E-state index contributed by atoms with van der Waals surface area (Å²) in [5, 5.41) is 1.06. The van der Waals surface area contributed by atoms with E-state index in [1.165, 1.54) is 5.56 Å². The molecule has 0 spiro atoms. The van der Waals surface area contributed by atoms with Gasteiger partial charge in [-0.1, -0.05) is 48.5 Å². The first-order chi connectivity index (χ1) is 11.7. The summed E-state index contributed by atoms with van der Waals surface area (Å²) in [6, 6.07) is 22.4. The van der Waals surface area contributed by atoms with Crippen molar-refractivity contribution in [2.45, 2.75) is 13.8 Å². The molecule has 0 atom stereocenters. The molecule has 0 fully saturated rings. The van der Waals surface area contributed by atoms with Crippen LogP contribution in [0.15, 0.2) is 66.7 Å². The summed E-state index contributed by atoms with van der Waals surface area (Å²) >= 11 is 0. The number of aryl methyl sites for hydroxylation is 2. The predicted molar refractivity (Wildman–Crippen MR) is 97.7 cm³/mol. The summed E-state index contributed by atoms with van der Waals surface area (Å²) in [4.78, 5) is 14.2. The number of nitrogens with zero attached hydrogens (tertiary/aromatic N) is 3. The van der Waals surface area contributed by atoms with E-state index in [0.29, 0.717) is 5.82 Å². The number of aromatic nitrogens is 3. The lowest BCUT2D eigenvalue weighted by Gasteiger charge is -2.11. The highest BCUT2D eigenvalue weighted by Gasteiger charge is 2.13. The summed E-state index contributed by atoms with van der Waals surface area (Å²) in [6.07, 6.45) is 0. The monoisotopic (exact) mass is 311 g/mol. The molecule has 4 aromatic rings. The molecular weight excluding hydrogens is 294 g/mol. The van der Waals surface area contributed by atoms with Crippen LogP contribution in [0.1, 0.15) is 11.3 Å². The van der Waals surface area contributed by atoms with Gasteiger partial charge in [0.2, 0.25) is 0 Å². The van der Waals surface area contributed by atoms with Gasteiger partial charge < -0.3 is 0 Å². The first-order valence-corrected chi connectivity index (χ1v) is 7.99. The van der Waals surface area contributed by atoms with Gasteiger partial charge in [0.05, 0.1) is 11.2 Å². The van der Waals surface area contributed by atoms with Gasteiger partial charge in [-0.2, -0.15) is 0 Å². The second kappa shape index (κ2) is 5.85. The SMILES string of the molecule is Cc1cccc(-c2nc(-c3ccccc3C)c3ccccc3n2)n1. The van der Waals surface area contributed by atoms with Crippen molar-refractivity contribution in [1.82, 2.24) is 15.0 Å². The Labute approximate surface area is 141 Å². The average Bonchev–Trinajstić information content (AvgIpc) is 2.61. The van der Waals surface area contributed by atoms with Crippen LogP contribution in [-0.2, 0) is 0 Å². The van der Waals surface area contributed by atoms with E-state index in [1.807, 2.05) is 55.5 Å². The van der Waals surface area contributed by atoms with Gasteiger partial charge in [-0.15, -0.1) is 0 Å². The zero-order valence-electron chi connectivity index (χ0n) is 13.7. The minimum Gasteiger partial charge on any atom is -0.250 e. The van der Waals surface area contributed by atoms with Crippen LogP contribution in [-0.4, -0.2) is 15.0 Å². The van der Waals surface area contributed by atoms with Crippen LogP contribution in [0.3, 0.4) is 0 Å². The second-order valence-corrected chi connectivity index (χ2v) is 5.89. The van der Waals surface area contributed by atoms with Crippen LogP contribution in [0.2, 0.25) is 0 Å². The minimum atomic E-state index is 0.663. The molecule has 2 aromatic carbocycles. The van der Waals surface area contributed by atoms with Crippen molar-refractivity contribution < 1.29 is 0 Å². The van der Waals surface area contributed by atoms with Crippen LogP contribution in [0.5, 0.6) is 0 Å². The summed E-state index contributed by atoms with van der Waals surface area (Å²) in [5.41, 5.74) is 5.98. The summed E-state index contributed by atoms with van der Waals surface area (Å²) in [7, 11) is 0. The smallest absolute Gasteiger partial charge is 0.179 e. The van der Waals surface area contributed by atoms with E-state index in [2.05, 4.69) is 30.1 Å². The van der Waals surface area contributed by atoms with Crippen LogP contribution < -0.4 is 0 Å². The average molecular weight is 311 g/mol. The molecule has 2 aromatic heterocycles. The van der Waals surface area contributed by atoms with Crippen LogP contribution in [0, 0.1) is 13.8 Å². The van der Waals surface area contributed by atoms with Crippen molar-refractivity contribution in [2.75, 3.05) is 0 Å². The summed E-state index contributed by atoms with van der Waals surface area (Å²) < 4.78 is 0. The fraction of sp³-hybridized carbons (Fsp3) is 0.0952. The highest BCUT2D eigenvalue weighted by Crippen LogP contribution is 2.30. The molecule has 0 aliphatic carbocycles. The van der Waals surface area contributed by atoms with Crippen molar-refractivity contribution in [2.24, 2.45) is 0 Å². The number of hydrogen-bond donors (Lipinski definition) is 0. The molecule has 0 aliphatic rings. The molecule has 2 heterocycles. The van der Waals surface area contributed by atoms with Crippen molar-refractivity contribution in [3.05, 3.63) is 78.0 Å². The first kappa shape index (κ1) is 14.5. The van der Waals surface area contributed by atoms with E-state index < -0.39 is 0 Å². The van der Waals surface area contributed by atoms with E-state index in [-0.39, 0.29) is 0 Å². The molecule has 0 saturated carbocycles. The van der Waals surface area contributed by atoms with Crippen molar-refractivity contribution in [3.8, 4) is 22.8 Å². The lowest BCUT2D eigenvalue weighted by molar-refractivity contribution is 1.14. The number of fused-ring (bicyclic) bond motifs is 1. The third-order valence-corrected chi connectivity index (χ3v) is 4.12. The van der Waals surface area contributed by atoms with Gasteiger partial charge in [-0.3, -0.25) is 0 Å². The van der Waals surface area contributed by atoms with E-state index in [0.717, 1.165) is 33.5 Å². The number of para-hydroxylation sites is 1. The zero-order valence-corrected chi connectivity index (χ0v) is 13.7. The van der Waals surface area contributed by atoms with Gasteiger partial charge in [0.15, 0.2) is 5.82 Å². The van der Waals surface area contributed by atoms with Crippen molar-refractivity contribution >= 4 is 10.9 Å². The molecular formula is C21H17N3. The fourth-order valence-electron chi connectivity index (χ4n) is 2.90. The third kappa shape index (κ3) is 2.54. The Hall–Kier alpha value is -3.07. The lowest BCUT2D eigenvalue weighted by atomic mass is 10.0. The topological polar surface area (TPSA) is 38.7 Å². The largest absolute Gasteiger partial charge is 0.250 e. The number of benzene rings is 2. The van der Waals surface area contributed by atoms with E-state index in [4.69, 9.17) is 9.97 Å². The maximum absolute atomic E-state index is 4.87. The normalized spacial score (nSPS) is 10.9. The van der Waals surface area contributed by atoms with Crippen LogP contribution >= 0.6 is 0 Å². The molecule has 0 amide bonds. The molecule has 3 nitrogen and oxygen atoms in total. The standard InChI is InChI=1S/C21H17N3/c1-14-8-3-4-10-16(14)20-17-11-5-6-12-18(17)23-21(24-20)19-13-7-9-15(2)22-19/h3-13H,1-2H3. The molecule has 0 unspecified atom stereocenters. The Kier molecular flexibility index (Phi) is 3.54. The molecule has 116 valence electrons. The Morgan fingerprint density at radius 3 is 2.29 bits per heavy atom. The van der Waals surface area contributed by atoms with E-state index >= 15 is 0 Å². The second-order valence-electron chi connectivity index (χ2n) is 5.89. The summed E-state index contributed by atoms with van der Waals surface area (Å²) in [5.74, 6) is 0.663. The predicted octanol–water partition coefficient (Wildman–Crippen LogP) is 4.98. The van der Waals surface area contributed by atoms with Gasteiger partial charge in [-0.25, -0.2) is 15.0 Å². The quantitative estimate of drug-likeness (QED) is 0.524. The van der Waals surface area contributed by atoms with Gasteiger partial charge in [0.25, 0.3) is 0 Å². The molecule has 0 N–H and O–H groups in total. The molecule has 0 bridgehead atoms. The maximum atomic E-state index is 4.87. The van der Waals surface area contributed by atoms with Crippen LogP contribution in [0.4, 0.5) is 0 Å². The van der Waals surface area contributed by atoms with Crippen LogP contribution in [0.25, 0.3) is 33.7 Å². The lowest BCUT2D eigenvalue weighted by Crippen LogP contribution is -1.98. The molecule has 24 heavy (non-hydrogen) atoms. The molecule has 0 saturated heterocycles. The number of pyridine rings is 1. The Morgan fingerprint density at radius 2 is 1.46 bits per heavy atom. The molecule has 4 rings (SSSR count). The highest BCUT2D eigenvalue weighted by atomic mass is 14.9. The van der Waals surface area contributed by atoms with Gasteiger partial charge in [-0.05, 0) is 37.6 Å². The van der Waals surface area contributed by atoms with E-state index in [1.54, 1.807) is 0 Å². The highest BCUT2D eigenvalue weighted by molar-refractivity contribution is 5.94. The molecule has 0 radical (unpaired) electrons. The minimum absolute atomic E-state index is 0.663. The fourth-order valence-corrected chi connectivity index (χ4v) is 2.90. The van der Waals surface area contributed by atoms with Gasteiger partial charge >= 0.3 is 0 Å². The molecule has 0 aliphatic heterocycles. The van der Waals surface area contributed by atoms with Gasteiger partial charge in [0, 0.05) is 16.6 Å². The van der Waals surface area contributed by atoms with Crippen molar-refractivity contribution in [3.63, 3.8) is 0 Å². The summed E-state index contributed by atoms with van der Waals surface area (Å²) in [6.45, 7) is 4.09. The number of hydrogen-bond acceptors (Lipinski definition) is 3. The van der Waals surface area contributed by atoms with E-state index in [9.17, 15) is 0 Å². The van der Waals surface area contributed by atoms with Gasteiger partial charge in [0.1, 0.15) is 5.69 Å². The zero-order chi connectivity index (χ0) is 16.5. The third-order valence-electron chi connectivity index (χ3n) is 4.12. The Balaban J connectivity index is 2.03. The Bertz CT molecular complexity index is 1040. The van der Waals surface area contributed by atoms with Crippen molar-refractivity contribution in [1.29, 1.82) is 0 Å². The molecule has 3 heteroatoms. The Morgan fingerprint density at radius 1 is 0.667 bits per heavy atom. The number of rotatable bonds is 2. The first-order valence-electron chi connectivity index (χ1n) is 7.99.